The van der Waals surface area contributed by atoms with Crippen LogP contribution in [-0.4, -0.2) is 49.2 Å². The van der Waals surface area contributed by atoms with Crippen molar-refractivity contribution in [1.82, 2.24) is 0 Å². The third kappa shape index (κ3) is 12.0. The predicted molar refractivity (Wildman–Crippen MR) is 79.9 cm³/mol. The van der Waals surface area contributed by atoms with Crippen LogP contribution < -0.4 is 0 Å². The largest absolute Gasteiger partial charge is 0.465 e. The molecule has 0 unspecified atom stereocenters. The van der Waals surface area contributed by atoms with Crippen LogP contribution in [0.4, 0.5) is 0 Å². The van der Waals surface area contributed by atoms with Gasteiger partial charge in [0.25, 0.3) is 0 Å². The molecule has 0 aliphatic rings. The van der Waals surface area contributed by atoms with Crippen molar-refractivity contribution in [3.8, 4) is 0 Å². The number of ether oxygens (including phenoxy) is 3. The van der Waals surface area contributed by atoms with Crippen LogP contribution in [0.1, 0.15) is 26.7 Å². The van der Waals surface area contributed by atoms with Gasteiger partial charge < -0.3 is 14.2 Å². The van der Waals surface area contributed by atoms with Crippen molar-refractivity contribution >= 4 is 29.7 Å². The molecule has 0 saturated heterocycles. The fourth-order valence-corrected chi connectivity index (χ4v) is 1.61. The summed E-state index contributed by atoms with van der Waals surface area (Å²) in [7, 11) is 0. The number of esters is 3. The average molecular weight is 318 g/mol. The van der Waals surface area contributed by atoms with Crippen LogP contribution in [0.5, 0.6) is 0 Å². The van der Waals surface area contributed by atoms with Crippen LogP contribution >= 0.6 is 11.8 Å². The van der Waals surface area contributed by atoms with E-state index in [1.54, 1.807) is 11.8 Å². The Morgan fingerprint density at radius 3 is 2.00 bits per heavy atom. The first-order valence-corrected chi connectivity index (χ1v) is 7.84. The van der Waals surface area contributed by atoms with Crippen molar-refractivity contribution in [2.75, 3.05) is 31.3 Å². The molecule has 0 N–H and O–H groups in total. The normalized spacial score (nSPS) is 9.81. The smallest absolute Gasteiger partial charge is 0.333 e. The monoisotopic (exact) mass is 318 g/mol. The summed E-state index contributed by atoms with van der Waals surface area (Å²) in [6, 6.07) is 0. The van der Waals surface area contributed by atoms with Gasteiger partial charge in [-0.05, 0) is 12.7 Å². The summed E-state index contributed by atoms with van der Waals surface area (Å²) in [4.78, 5) is 33.6. The second-order valence-corrected chi connectivity index (χ2v) is 5.45. The minimum atomic E-state index is -0.528. The molecule has 0 aromatic heterocycles. The van der Waals surface area contributed by atoms with E-state index in [0.29, 0.717) is 6.61 Å². The Bertz CT molecular complexity index is 366. The Morgan fingerprint density at radius 2 is 1.48 bits per heavy atom. The third-order valence-corrected chi connectivity index (χ3v) is 3.02. The molecule has 7 heteroatoms. The summed E-state index contributed by atoms with van der Waals surface area (Å²) in [6.45, 7) is 7.25. The van der Waals surface area contributed by atoms with E-state index in [0.717, 1.165) is 11.5 Å². The number of carbonyl (C=O) groups is 3. The van der Waals surface area contributed by atoms with Gasteiger partial charge in [0, 0.05) is 11.3 Å². The minimum Gasteiger partial charge on any atom is -0.465 e. The van der Waals surface area contributed by atoms with E-state index in [1.165, 1.54) is 6.92 Å². The maximum atomic E-state index is 11.3. The summed E-state index contributed by atoms with van der Waals surface area (Å²) < 4.78 is 14.5. The lowest BCUT2D eigenvalue weighted by Gasteiger charge is -2.06. The molecule has 0 amide bonds. The van der Waals surface area contributed by atoms with E-state index in [-0.39, 0.29) is 31.6 Å². The lowest BCUT2D eigenvalue weighted by molar-refractivity contribution is -0.152. The predicted octanol–water partition coefficient (Wildman–Crippen LogP) is 1.73. The van der Waals surface area contributed by atoms with Crippen molar-refractivity contribution in [2.45, 2.75) is 26.7 Å². The molecule has 0 aromatic carbocycles. The lowest BCUT2D eigenvalue weighted by Crippen LogP contribution is -2.15. The SMILES string of the molecule is C=C(C)C(=O)OCCOC(=O)CCC(=O)OCCSCC. The molecule has 0 aliphatic carbocycles. The van der Waals surface area contributed by atoms with E-state index in [1.807, 2.05) is 6.92 Å². The second-order valence-electron chi connectivity index (χ2n) is 4.05. The van der Waals surface area contributed by atoms with E-state index in [9.17, 15) is 14.4 Å². The van der Waals surface area contributed by atoms with Gasteiger partial charge in [-0.1, -0.05) is 13.5 Å². The van der Waals surface area contributed by atoms with Crippen molar-refractivity contribution < 1.29 is 28.6 Å². The zero-order chi connectivity index (χ0) is 16.1. The van der Waals surface area contributed by atoms with Gasteiger partial charge in [-0.2, -0.15) is 11.8 Å². The highest BCUT2D eigenvalue weighted by Gasteiger charge is 2.09. The molecule has 0 radical (unpaired) electrons. The van der Waals surface area contributed by atoms with Crippen molar-refractivity contribution in [3.05, 3.63) is 12.2 Å². The number of thioether (sulfide) groups is 1. The molecule has 0 aliphatic heterocycles. The number of carbonyl (C=O) groups excluding carboxylic acids is 3. The van der Waals surface area contributed by atoms with Crippen molar-refractivity contribution in [3.63, 3.8) is 0 Å². The first kappa shape index (κ1) is 19.5. The van der Waals surface area contributed by atoms with Gasteiger partial charge >= 0.3 is 17.9 Å². The van der Waals surface area contributed by atoms with E-state index in [2.05, 4.69) is 6.58 Å². The summed E-state index contributed by atoms with van der Waals surface area (Å²) in [5.74, 6) is 0.249. The molecule has 0 spiro atoms. The van der Waals surface area contributed by atoms with E-state index >= 15 is 0 Å². The van der Waals surface area contributed by atoms with Crippen LogP contribution in [0.15, 0.2) is 12.2 Å². The van der Waals surface area contributed by atoms with E-state index in [4.69, 9.17) is 14.2 Å². The topological polar surface area (TPSA) is 78.9 Å². The number of rotatable bonds is 11. The maximum absolute atomic E-state index is 11.3. The average Bonchev–Trinajstić information content (AvgIpc) is 2.45. The van der Waals surface area contributed by atoms with Crippen molar-refractivity contribution in [1.29, 1.82) is 0 Å². The lowest BCUT2D eigenvalue weighted by atomic mass is 10.3. The molecular weight excluding hydrogens is 296 g/mol. The van der Waals surface area contributed by atoms with Gasteiger partial charge in [-0.25, -0.2) is 4.79 Å². The molecule has 0 atom stereocenters. The van der Waals surface area contributed by atoms with Gasteiger partial charge in [0.1, 0.15) is 19.8 Å². The Morgan fingerprint density at radius 1 is 0.952 bits per heavy atom. The van der Waals surface area contributed by atoms with Gasteiger partial charge in [0.05, 0.1) is 12.8 Å². The van der Waals surface area contributed by atoms with E-state index < -0.39 is 17.9 Å². The highest BCUT2D eigenvalue weighted by atomic mass is 32.2. The van der Waals surface area contributed by atoms with Crippen LogP contribution in [-0.2, 0) is 28.6 Å². The molecule has 21 heavy (non-hydrogen) atoms. The zero-order valence-electron chi connectivity index (χ0n) is 12.5. The van der Waals surface area contributed by atoms with Gasteiger partial charge in [-0.3, -0.25) is 9.59 Å². The second kappa shape index (κ2) is 12.3. The molecule has 0 rings (SSSR count). The van der Waals surface area contributed by atoms with Crippen LogP contribution in [0.25, 0.3) is 0 Å². The molecule has 0 aromatic rings. The van der Waals surface area contributed by atoms with Gasteiger partial charge in [0.15, 0.2) is 0 Å². The maximum Gasteiger partial charge on any atom is 0.333 e. The minimum absolute atomic E-state index is 0.0127. The fourth-order valence-electron chi connectivity index (χ4n) is 1.12. The quantitative estimate of drug-likeness (QED) is 0.248. The number of hydrogen-bond donors (Lipinski definition) is 0. The highest BCUT2D eigenvalue weighted by Crippen LogP contribution is 2.00. The zero-order valence-corrected chi connectivity index (χ0v) is 13.3. The standard InChI is InChI=1S/C14H22O6S/c1-4-21-10-9-19-13(16)6-5-12(15)18-7-8-20-14(17)11(2)3/h2,4-10H2,1,3H3. The Balaban J connectivity index is 3.55. The van der Waals surface area contributed by atoms with Gasteiger partial charge in [-0.15, -0.1) is 0 Å². The molecular formula is C14H22O6S. The Labute approximate surface area is 129 Å². The van der Waals surface area contributed by atoms with Gasteiger partial charge in [0.2, 0.25) is 0 Å². The molecule has 0 heterocycles. The Hall–Kier alpha value is -1.50. The Kier molecular flexibility index (Phi) is 11.4. The summed E-state index contributed by atoms with van der Waals surface area (Å²) in [5, 5.41) is 0. The number of hydrogen-bond acceptors (Lipinski definition) is 7. The van der Waals surface area contributed by atoms with Crippen LogP contribution in [0, 0.1) is 0 Å². The third-order valence-electron chi connectivity index (χ3n) is 2.16. The molecule has 120 valence electrons. The highest BCUT2D eigenvalue weighted by molar-refractivity contribution is 7.99. The fraction of sp³-hybridized carbons (Fsp3) is 0.643. The van der Waals surface area contributed by atoms with Crippen LogP contribution in [0.2, 0.25) is 0 Å². The summed E-state index contributed by atoms with van der Waals surface area (Å²) in [5.41, 5.74) is 0.283. The first-order chi connectivity index (χ1) is 9.97. The van der Waals surface area contributed by atoms with Crippen molar-refractivity contribution in [2.24, 2.45) is 0 Å². The molecule has 0 bridgehead atoms. The van der Waals surface area contributed by atoms with Crippen LogP contribution in [0.3, 0.4) is 0 Å². The summed E-state index contributed by atoms with van der Waals surface area (Å²) >= 11 is 1.68. The first-order valence-electron chi connectivity index (χ1n) is 6.69. The molecule has 6 nitrogen and oxygen atoms in total. The summed E-state index contributed by atoms with van der Waals surface area (Å²) in [6.07, 6.45) is -0.0602. The molecule has 0 fully saturated rings. The molecule has 0 saturated carbocycles.